The van der Waals surface area contributed by atoms with Crippen molar-refractivity contribution in [2.75, 3.05) is 25.0 Å². The monoisotopic (exact) mass is 508 g/mol. The SMILES string of the molecule is CC(C)(N)C(=O)NCC(C(=O)Nc1cn([C@@H](C(=O)N2CCCC2)c2ccccc2)cn1)c1ccsc1. The van der Waals surface area contributed by atoms with Gasteiger partial charge in [0.2, 0.25) is 17.7 Å². The minimum Gasteiger partial charge on any atom is -0.353 e. The molecule has 0 radical (unpaired) electrons. The standard InChI is InChI=1S/C26H32N6O3S/c1-26(2,27)25(35)28-14-20(19-10-13-36-16-19)23(33)30-21-15-32(17-29-21)22(18-8-4-3-5-9-18)24(34)31-11-6-7-12-31/h3-5,8-10,13,15-17,20,22H,6-7,11-12,14,27H2,1-2H3,(H,28,35)(H,30,33)/t20?,22-/m1/s1. The highest BCUT2D eigenvalue weighted by atomic mass is 32.1. The Balaban J connectivity index is 1.53. The Labute approximate surface area is 214 Å². The molecule has 3 heterocycles. The number of nitrogens with zero attached hydrogens (tertiary/aromatic N) is 3. The molecule has 1 unspecified atom stereocenters. The fourth-order valence-corrected chi connectivity index (χ4v) is 4.92. The molecule has 0 bridgehead atoms. The van der Waals surface area contributed by atoms with Gasteiger partial charge in [-0.05, 0) is 54.6 Å². The Hall–Kier alpha value is -3.50. The van der Waals surface area contributed by atoms with E-state index in [-0.39, 0.29) is 24.3 Å². The van der Waals surface area contributed by atoms with E-state index in [2.05, 4.69) is 15.6 Å². The van der Waals surface area contributed by atoms with E-state index >= 15 is 0 Å². The van der Waals surface area contributed by atoms with Gasteiger partial charge in [-0.15, -0.1) is 0 Å². The van der Waals surface area contributed by atoms with Gasteiger partial charge >= 0.3 is 0 Å². The fraction of sp³-hybridized carbons (Fsp3) is 0.385. The molecule has 4 N–H and O–H groups in total. The maximum absolute atomic E-state index is 13.4. The van der Waals surface area contributed by atoms with Gasteiger partial charge in [0.05, 0.1) is 17.8 Å². The number of benzene rings is 1. The van der Waals surface area contributed by atoms with Crippen molar-refractivity contribution in [3.8, 4) is 0 Å². The van der Waals surface area contributed by atoms with Crippen molar-refractivity contribution < 1.29 is 14.4 Å². The van der Waals surface area contributed by atoms with Crippen LogP contribution in [-0.2, 0) is 14.4 Å². The van der Waals surface area contributed by atoms with Gasteiger partial charge < -0.3 is 25.8 Å². The van der Waals surface area contributed by atoms with Crippen LogP contribution < -0.4 is 16.4 Å². The van der Waals surface area contributed by atoms with Crippen molar-refractivity contribution in [2.24, 2.45) is 5.73 Å². The lowest BCUT2D eigenvalue weighted by atomic mass is 10.00. The molecular weight excluding hydrogens is 476 g/mol. The average Bonchev–Trinajstić information content (AvgIpc) is 3.63. The first-order valence-electron chi connectivity index (χ1n) is 12.0. The van der Waals surface area contributed by atoms with Gasteiger partial charge in [0.15, 0.2) is 5.82 Å². The molecule has 4 rings (SSSR count). The number of hydrogen-bond donors (Lipinski definition) is 3. The summed E-state index contributed by atoms with van der Waals surface area (Å²) in [5, 5.41) is 9.39. The van der Waals surface area contributed by atoms with E-state index in [0.29, 0.717) is 5.82 Å². The summed E-state index contributed by atoms with van der Waals surface area (Å²) in [6, 6.07) is 10.9. The summed E-state index contributed by atoms with van der Waals surface area (Å²) in [6.07, 6.45) is 5.25. The number of rotatable bonds is 9. The lowest BCUT2D eigenvalue weighted by molar-refractivity contribution is -0.132. The van der Waals surface area contributed by atoms with E-state index in [1.165, 1.54) is 11.3 Å². The molecule has 3 amide bonds. The molecule has 3 aromatic rings. The van der Waals surface area contributed by atoms with E-state index in [1.54, 1.807) is 30.9 Å². The van der Waals surface area contributed by atoms with Crippen LogP contribution in [0.4, 0.5) is 5.82 Å². The van der Waals surface area contributed by atoms with Crippen LogP contribution in [0.25, 0.3) is 0 Å². The summed E-state index contributed by atoms with van der Waals surface area (Å²) < 4.78 is 1.74. The molecule has 9 nitrogen and oxygen atoms in total. The van der Waals surface area contributed by atoms with Gasteiger partial charge in [-0.1, -0.05) is 30.3 Å². The average molecular weight is 509 g/mol. The molecule has 190 valence electrons. The molecule has 0 saturated carbocycles. The number of thiophene rings is 1. The second-order valence-corrected chi connectivity index (χ2v) is 10.4. The van der Waals surface area contributed by atoms with Gasteiger partial charge in [0.1, 0.15) is 6.04 Å². The highest BCUT2D eigenvalue weighted by molar-refractivity contribution is 7.08. The van der Waals surface area contributed by atoms with Crippen LogP contribution in [0.1, 0.15) is 49.8 Å². The summed E-state index contributed by atoms with van der Waals surface area (Å²) in [4.78, 5) is 45.2. The molecule has 36 heavy (non-hydrogen) atoms. The number of amides is 3. The van der Waals surface area contributed by atoms with Crippen LogP contribution in [0.3, 0.4) is 0 Å². The Morgan fingerprint density at radius 3 is 2.47 bits per heavy atom. The quantitative estimate of drug-likeness (QED) is 0.410. The maximum atomic E-state index is 13.4. The van der Waals surface area contributed by atoms with Crippen LogP contribution in [0.15, 0.2) is 59.7 Å². The van der Waals surface area contributed by atoms with Crippen molar-refractivity contribution in [3.63, 3.8) is 0 Å². The molecule has 1 aliphatic heterocycles. The highest BCUT2D eigenvalue weighted by Gasteiger charge is 2.30. The zero-order chi connectivity index (χ0) is 25.7. The minimum atomic E-state index is -1.05. The fourth-order valence-electron chi connectivity index (χ4n) is 4.20. The maximum Gasteiger partial charge on any atom is 0.250 e. The summed E-state index contributed by atoms with van der Waals surface area (Å²) in [5.41, 5.74) is 6.47. The number of anilines is 1. The zero-order valence-corrected chi connectivity index (χ0v) is 21.3. The largest absolute Gasteiger partial charge is 0.353 e. The van der Waals surface area contributed by atoms with Crippen molar-refractivity contribution in [3.05, 3.63) is 70.8 Å². The molecule has 2 atom stereocenters. The summed E-state index contributed by atoms with van der Waals surface area (Å²) in [5.74, 6) is -0.927. The van der Waals surface area contributed by atoms with Gasteiger partial charge in [-0.3, -0.25) is 14.4 Å². The number of aromatic nitrogens is 2. The minimum absolute atomic E-state index is 0.0113. The molecular formula is C26H32N6O3S. The van der Waals surface area contributed by atoms with E-state index in [0.717, 1.165) is 37.1 Å². The summed E-state index contributed by atoms with van der Waals surface area (Å²) in [6.45, 7) is 4.81. The van der Waals surface area contributed by atoms with E-state index in [9.17, 15) is 14.4 Å². The molecule has 2 aromatic heterocycles. The second kappa shape index (κ2) is 11.0. The van der Waals surface area contributed by atoms with E-state index < -0.39 is 17.5 Å². The lowest BCUT2D eigenvalue weighted by Gasteiger charge is -2.24. The van der Waals surface area contributed by atoms with E-state index in [1.807, 2.05) is 52.1 Å². The number of likely N-dealkylation sites (tertiary alicyclic amines) is 1. The molecule has 1 fully saturated rings. The third-order valence-electron chi connectivity index (χ3n) is 6.23. The normalized spacial score (nSPS) is 15.4. The second-order valence-electron chi connectivity index (χ2n) is 9.58. The first kappa shape index (κ1) is 25.6. The zero-order valence-electron chi connectivity index (χ0n) is 20.5. The third kappa shape index (κ3) is 6.00. The predicted octanol–water partition coefficient (Wildman–Crippen LogP) is 2.73. The Morgan fingerprint density at radius 2 is 1.83 bits per heavy atom. The molecule has 1 aromatic carbocycles. The van der Waals surface area contributed by atoms with E-state index in [4.69, 9.17) is 5.73 Å². The topological polar surface area (TPSA) is 122 Å². The number of imidazole rings is 1. The number of carbonyl (C=O) groups excluding carboxylic acids is 3. The molecule has 0 aliphatic carbocycles. The Kier molecular flexibility index (Phi) is 7.85. The highest BCUT2D eigenvalue weighted by Crippen LogP contribution is 2.25. The van der Waals surface area contributed by atoms with Gasteiger partial charge in [0, 0.05) is 25.8 Å². The van der Waals surface area contributed by atoms with Crippen LogP contribution in [0.5, 0.6) is 0 Å². The van der Waals surface area contributed by atoms with Crippen LogP contribution in [0.2, 0.25) is 0 Å². The number of nitrogens with one attached hydrogen (secondary N) is 2. The molecule has 10 heteroatoms. The van der Waals surface area contributed by atoms with Gasteiger partial charge in [-0.25, -0.2) is 4.98 Å². The predicted molar refractivity (Wildman–Crippen MR) is 140 cm³/mol. The first-order chi connectivity index (χ1) is 17.2. The van der Waals surface area contributed by atoms with Crippen molar-refractivity contribution in [1.29, 1.82) is 0 Å². The summed E-state index contributed by atoms with van der Waals surface area (Å²) >= 11 is 1.47. The number of hydrogen-bond acceptors (Lipinski definition) is 6. The number of nitrogens with two attached hydrogens (primary N) is 1. The third-order valence-corrected chi connectivity index (χ3v) is 6.93. The Bertz CT molecular complexity index is 1180. The molecule has 1 saturated heterocycles. The van der Waals surface area contributed by atoms with Crippen LogP contribution >= 0.6 is 11.3 Å². The lowest BCUT2D eigenvalue weighted by Crippen LogP contribution is -2.50. The van der Waals surface area contributed by atoms with Crippen LogP contribution in [0, 0.1) is 0 Å². The Morgan fingerprint density at radius 1 is 1.11 bits per heavy atom. The van der Waals surface area contributed by atoms with Gasteiger partial charge in [0.25, 0.3) is 0 Å². The smallest absolute Gasteiger partial charge is 0.250 e. The van der Waals surface area contributed by atoms with Crippen molar-refractivity contribution in [2.45, 2.75) is 44.2 Å². The van der Waals surface area contributed by atoms with Crippen molar-refractivity contribution in [1.82, 2.24) is 19.8 Å². The van der Waals surface area contributed by atoms with Crippen molar-refractivity contribution >= 4 is 34.9 Å². The number of carbonyl (C=O) groups is 3. The first-order valence-corrected chi connectivity index (χ1v) is 13.0. The van der Waals surface area contributed by atoms with Crippen LogP contribution in [-0.4, -0.2) is 57.3 Å². The summed E-state index contributed by atoms with van der Waals surface area (Å²) in [7, 11) is 0. The molecule has 1 aliphatic rings. The van der Waals surface area contributed by atoms with Gasteiger partial charge in [-0.2, -0.15) is 11.3 Å². The molecule has 0 spiro atoms.